The fraction of sp³-hybridized carbons (Fsp3) is 0.211. The van der Waals surface area contributed by atoms with Gasteiger partial charge in [0.15, 0.2) is 0 Å². The number of sulfonamides is 2. The fourth-order valence-electron chi connectivity index (χ4n) is 5.42. The van der Waals surface area contributed by atoms with E-state index in [4.69, 9.17) is 48.6 Å². The zero-order valence-corrected chi connectivity index (χ0v) is 42.4. The molecule has 333 valence electrons. The number of anilines is 2. The van der Waals surface area contributed by atoms with Gasteiger partial charge in [0, 0.05) is 80.9 Å². The molecule has 0 aliphatic carbocycles. The Morgan fingerprint density at radius 1 is 0.672 bits per heavy atom. The van der Waals surface area contributed by atoms with Crippen LogP contribution in [0, 0.1) is 11.6 Å². The van der Waals surface area contributed by atoms with E-state index in [9.17, 15) is 35.2 Å². The van der Waals surface area contributed by atoms with Crippen LogP contribution in [0.4, 0.5) is 20.2 Å². The molecule has 23 heteroatoms. The average Bonchev–Trinajstić information content (AvgIpc) is 3.76. The Bertz CT molecular complexity index is 2710. The van der Waals surface area contributed by atoms with Gasteiger partial charge in [0.1, 0.15) is 45.4 Å². The van der Waals surface area contributed by atoms with E-state index in [1.807, 2.05) is 0 Å². The molecule has 61 heavy (non-hydrogen) atoms. The van der Waals surface area contributed by atoms with Crippen LogP contribution < -0.4 is 8.61 Å². The van der Waals surface area contributed by atoms with E-state index in [0.717, 1.165) is 21.1 Å². The van der Waals surface area contributed by atoms with Crippen molar-refractivity contribution in [2.75, 3.05) is 48.4 Å². The van der Waals surface area contributed by atoms with Gasteiger partial charge >= 0.3 is 53.4 Å². The van der Waals surface area contributed by atoms with Crippen molar-refractivity contribution in [3.8, 4) is 22.6 Å². The standard InChI is InChI=1S/C19H17BrFNO5S.C19H18FNO5S.Br2.3ClH.Fe/c1-4-26-19(23)17-13-9-14(20)15(22(2)28(3,24)25)10-16(13)27-18(17)11-5-7-12(21)8-6-11;1-4-25-19(22)17-15-10-9-14(21(2)27(3,23)24)11-16(15)26-18(17)12-5-7-13(20)8-6-12;1-2;;;;/h5-10H,4H2,1-3H3;5-11H,4H2,1-3H3;;3*1H;/q;;;;;;+3/p-3. The van der Waals surface area contributed by atoms with Gasteiger partial charge in [-0.15, -0.1) is 0 Å². The number of benzene rings is 4. The normalized spacial score (nSPS) is 11.3. The van der Waals surface area contributed by atoms with Crippen molar-refractivity contribution in [1.29, 1.82) is 0 Å². The predicted molar refractivity (Wildman–Crippen MR) is 245 cm³/mol. The van der Waals surface area contributed by atoms with Crippen molar-refractivity contribution < 1.29 is 64.7 Å². The number of nitrogens with zero attached hydrogens (tertiary/aromatic N) is 2. The molecule has 6 rings (SSSR count). The Hall–Kier alpha value is -2.91. The van der Waals surface area contributed by atoms with Gasteiger partial charge in [0.2, 0.25) is 20.0 Å². The third kappa shape index (κ3) is 13.8. The van der Waals surface area contributed by atoms with Crippen LogP contribution in [0.3, 0.4) is 0 Å². The van der Waals surface area contributed by atoms with E-state index in [-0.39, 0.29) is 35.9 Å². The summed E-state index contributed by atoms with van der Waals surface area (Å²) in [6.07, 6.45) is 2.17. The van der Waals surface area contributed by atoms with Crippen LogP contribution in [0.2, 0.25) is 0 Å². The first-order valence-corrected chi connectivity index (χ1v) is 29.7. The fourth-order valence-corrected chi connectivity index (χ4v) is 7.15. The SMILES string of the molecule is BrBr.CCOC(=O)c1c(-c2ccc(F)cc2)oc2cc(N(C)S(C)(=O)=O)c(Br)cc12.CCOC(=O)c1c(-c2ccc(F)cc2)oc2cc(N(C)S(C)(=O)=O)ccc12.[Cl][Fe]([Cl])[Cl]. The van der Waals surface area contributed by atoms with Crippen LogP contribution in [0.25, 0.3) is 44.6 Å². The maximum atomic E-state index is 13.3. The van der Waals surface area contributed by atoms with Crippen molar-refractivity contribution >= 4 is 140 Å². The third-order valence-electron chi connectivity index (χ3n) is 8.30. The number of hydrogen-bond acceptors (Lipinski definition) is 10. The molecule has 0 fully saturated rings. The monoisotopic (exact) mass is 1180 g/mol. The molecule has 0 aliphatic heterocycles. The predicted octanol–water partition coefficient (Wildman–Crippen LogP) is 12.1. The molecule has 0 amide bonds. The molecule has 6 aromatic rings. The molecule has 0 N–H and O–H groups in total. The Morgan fingerprint density at radius 3 is 1.46 bits per heavy atom. The number of furan rings is 2. The molecule has 12 nitrogen and oxygen atoms in total. The van der Waals surface area contributed by atoms with Gasteiger partial charge in [-0.05, 0) is 96.5 Å². The molecule has 4 aromatic carbocycles. The van der Waals surface area contributed by atoms with Crippen LogP contribution >= 0.6 is 74.5 Å². The Balaban J connectivity index is 0.000000288. The van der Waals surface area contributed by atoms with Gasteiger partial charge in [0.25, 0.3) is 0 Å². The van der Waals surface area contributed by atoms with E-state index in [1.54, 1.807) is 32.0 Å². The Kier molecular flexibility index (Phi) is 19.9. The van der Waals surface area contributed by atoms with Crippen LogP contribution in [-0.2, 0) is 40.7 Å². The zero-order chi connectivity index (χ0) is 46.0. The first-order chi connectivity index (χ1) is 28.6. The molecule has 0 atom stereocenters. The Morgan fingerprint density at radius 2 is 1.07 bits per heavy atom. The molecular weight excluding hydrogens is 1150 g/mol. The molecule has 0 radical (unpaired) electrons. The minimum absolute atomic E-state index is 0.171. The number of carbonyl (C=O) groups is 2. The van der Waals surface area contributed by atoms with Gasteiger partial charge in [0.05, 0.1) is 37.1 Å². The molecule has 0 saturated heterocycles. The van der Waals surface area contributed by atoms with Crippen LogP contribution in [0.15, 0.2) is 92.2 Å². The molecule has 0 spiro atoms. The third-order valence-corrected chi connectivity index (χ3v) is 11.3. The molecular formula is C38H35Br3Cl3F2FeN2O10S2. The molecule has 2 aromatic heterocycles. The number of carbonyl (C=O) groups excluding carboxylic acids is 2. The maximum absolute atomic E-state index is 13.3. The second-order valence-corrected chi connectivity index (χ2v) is 22.5. The number of fused-ring (bicyclic) bond motifs is 2. The quantitative estimate of drug-likeness (QED) is 0.0956. The molecule has 2 heterocycles. The van der Waals surface area contributed by atoms with Crippen molar-refractivity contribution in [2.45, 2.75) is 13.8 Å². The topological polar surface area (TPSA) is 154 Å². The summed E-state index contributed by atoms with van der Waals surface area (Å²) in [5.74, 6) is -1.53. The number of hydrogen-bond donors (Lipinski definition) is 0. The van der Waals surface area contributed by atoms with Crippen molar-refractivity contribution in [2.24, 2.45) is 0 Å². The summed E-state index contributed by atoms with van der Waals surface area (Å²) in [5, 5.41) is 0.939. The number of ether oxygens (including phenoxy) is 2. The second kappa shape index (κ2) is 23.1. The molecule has 0 bridgehead atoms. The molecule has 0 saturated carbocycles. The van der Waals surface area contributed by atoms with Crippen LogP contribution in [-0.4, -0.2) is 68.6 Å². The first kappa shape index (κ1) is 52.4. The van der Waals surface area contributed by atoms with Crippen molar-refractivity contribution in [1.82, 2.24) is 0 Å². The zero-order valence-electron chi connectivity index (χ0n) is 32.6. The van der Waals surface area contributed by atoms with Gasteiger partial charge in [-0.3, -0.25) is 8.61 Å². The second-order valence-electron chi connectivity index (χ2n) is 12.2. The van der Waals surface area contributed by atoms with Crippen molar-refractivity contribution in [3.63, 3.8) is 0 Å². The summed E-state index contributed by atoms with van der Waals surface area (Å²) in [4.78, 5) is 25.1. The summed E-state index contributed by atoms with van der Waals surface area (Å²) in [5.41, 5.74) is 2.78. The van der Waals surface area contributed by atoms with Crippen LogP contribution in [0.1, 0.15) is 34.6 Å². The Labute approximate surface area is 392 Å². The van der Waals surface area contributed by atoms with Crippen molar-refractivity contribution in [3.05, 3.63) is 106 Å². The first-order valence-electron chi connectivity index (χ1n) is 17.0. The molecule has 0 aliphatic rings. The summed E-state index contributed by atoms with van der Waals surface area (Å²) >= 11 is 7.52. The number of rotatable bonds is 10. The van der Waals surface area contributed by atoms with E-state index >= 15 is 0 Å². The van der Waals surface area contributed by atoms with Gasteiger partial charge in [-0.1, -0.05) is 0 Å². The van der Waals surface area contributed by atoms with Gasteiger partial charge in [-0.2, -0.15) is 0 Å². The van der Waals surface area contributed by atoms with E-state index in [2.05, 4.69) is 44.2 Å². The summed E-state index contributed by atoms with van der Waals surface area (Å²) < 4.78 is 98.6. The number of halogens is 8. The summed E-state index contributed by atoms with van der Waals surface area (Å²) in [6, 6.07) is 18.9. The summed E-state index contributed by atoms with van der Waals surface area (Å²) in [7, 11) is 10.5. The summed E-state index contributed by atoms with van der Waals surface area (Å²) in [6.45, 7) is 3.73. The van der Waals surface area contributed by atoms with E-state index in [0.29, 0.717) is 48.9 Å². The van der Waals surface area contributed by atoms with E-state index < -0.39 is 54.8 Å². The molecule has 0 unspecified atom stereocenters. The van der Waals surface area contributed by atoms with Gasteiger partial charge in [-0.25, -0.2) is 35.2 Å². The minimum atomic E-state index is -3.50. The number of esters is 2. The average molecular weight is 1180 g/mol. The van der Waals surface area contributed by atoms with Gasteiger partial charge < -0.3 is 18.3 Å². The van der Waals surface area contributed by atoms with E-state index in [1.165, 1.54) is 74.8 Å². The van der Waals surface area contributed by atoms with Crippen LogP contribution in [0.5, 0.6) is 0 Å².